The maximum absolute atomic E-state index is 9.76. The quantitative estimate of drug-likeness (QED) is 0.606. The molecule has 0 heterocycles. The van der Waals surface area contributed by atoms with Crippen LogP contribution in [0.5, 0.6) is 0 Å². The van der Waals surface area contributed by atoms with Crippen molar-refractivity contribution in [1.29, 1.82) is 0 Å². The van der Waals surface area contributed by atoms with Crippen LogP contribution in [0.25, 0.3) is 0 Å². The molecule has 4 aliphatic carbocycles. The van der Waals surface area contributed by atoms with E-state index in [1.807, 2.05) is 0 Å². The van der Waals surface area contributed by atoms with E-state index in [0.717, 1.165) is 11.8 Å². The van der Waals surface area contributed by atoms with Crippen LogP contribution >= 0.6 is 0 Å². The fourth-order valence-electron chi connectivity index (χ4n) is 4.25. The maximum atomic E-state index is 9.76. The van der Waals surface area contributed by atoms with Crippen LogP contribution < -0.4 is 0 Å². The lowest BCUT2D eigenvalue weighted by Crippen LogP contribution is -2.11. The molecule has 5 atom stereocenters. The second kappa shape index (κ2) is 1.52. The van der Waals surface area contributed by atoms with E-state index in [2.05, 4.69) is 13.8 Å². The minimum Gasteiger partial charge on any atom is -0.393 e. The van der Waals surface area contributed by atoms with Crippen molar-refractivity contribution in [2.75, 3.05) is 0 Å². The molecule has 0 aromatic rings. The molecule has 0 aliphatic heterocycles. The van der Waals surface area contributed by atoms with Crippen LogP contribution in [0.15, 0.2) is 0 Å². The highest BCUT2D eigenvalue weighted by atomic mass is 16.3. The Morgan fingerprint density at radius 1 is 1.45 bits per heavy atom. The Bertz CT molecular complexity index is 211. The van der Waals surface area contributed by atoms with Gasteiger partial charge < -0.3 is 5.11 Å². The second-order valence-corrected chi connectivity index (χ2v) is 5.09. The minimum absolute atomic E-state index is 0.0856. The van der Waals surface area contributed by atoms with Gasteiger partial charge in [0.1, 0.15) is 0 Å². The first-order chi connectivity index (χ1) is 5.18. The Morgan fingerprint density at radius 3 is 2.36 bits per heavy atom. The fourth-order valence-corrected chi connectivity index (χ4v) is 4.25. The highest BCUT2D eigenvalue weighted by Crippen LogP contribution is 2.81. The van der Waals surface area contributed by atoms with Crippen LogP contribution in [0, 0.1) is 29.1 Å². The predicted molar refractivity (Wildman–Crippen MR) is 43.0 cm³/mol. The first-order valence-electron chi connectivity index (χ1n) is 4.86. The van der Waals surface area contributed by atoms with E-state index in [4.69, 9.17) is 0 Å². The third-order valence-corrected chi connectivity index (χ3v) is 4.73. The summed E-state index contributed by atoms with van der Waals surface area (Å²) in [4.78, 5) is 0. The van der Waals surface area contributed by atoms with E-state index in [-0.39, 0.29) is 6.10 Å². The zero-order chi connectivity index (χ0) is 7.80. The second-order valence-electron chi connectivity index (χ2n) is 5.09. The highest BCUT2D eigenvalue weighted by Gasteiger charge is 2.79. The van der Waals surface area contributed by atoms with Crippen LogP contribution in [-0.4, -0.2) is 11.2 Å². The summed E-state index contributed by atoms with van der Waals surface area (Å²) in [7, 11) is 0. The largest absolute Gasteiger partial charge is 0.393 e. The summed E-state index contributed by atoms with van der Waals surface area (Å²) in [5.41, 5.74) is 0.615. The molecule has 5 unspecified atom stereocenters. The Balaban J connectivity index is 1.98. The van der Waals surface area contributed by atoms with Crippen LogP contribution in [0.1, 0.15) is 26.7 Å². The smallest absolute Gasteiger partial charge is 0.0605 e. The van der Waals surface area contributed by atoms with Gasteiger partial charge in [0.25, 0.3) is 0 Å². The Kier molecular flexibility index (Phi) is 0.893. The standard InChI is InChI=1S/C10H16O/c1-5(2)10-4-6-3-7(10)8(10)9(6)11/h5-9,11H,3-4H2,1-2H3. The molecule has 4 rings (SSSR count). The van der Waals surface area contributed by atoms with Gasteiger partial charge in [0.15, 0.2) is 0 Å². The molecule has 1 N–H and O–H groups in total. The SMILES string of the molecule is CC(C)C12CC3CC1C2C3O. The first kappa shape index (κ1) is 6.47. The van der Waals surface area contributed by atoms with Crippen molar-refractivity contribution in [3.8, 4) is 0 Å². The van der Waals surface area contributed by atoms with Gasteiger partial charge in [-0.15, -0.1) is 0 Å². The summed E-state index contributed by atoms with van der Waals surface area (Å²) < 4.78 is 0. The summed E-state index contributed by atoms with van der Waals surface area (Å²) in [5.74, 6) is 3.13. The summed E-state index contributed by atoms with van der Waals surface area (Å²) in [6, 6.07) is 0. The Hall–Kier alpha value is -0.0400. The zero-order valence-electron chi connectivity index (χ0n) is 7.25. The molecule has 0 aromatic heterocycles. The van der Waals surface area contributed by atoms with Crippen molar-refractivity contribution in [2.24, 2.45) is 29.1 Å². The van der Waals surface area contributed by atoms with E-state index < -0.39 is 0 Å². The summed E-state index contributed by atoms with van der Waals surface area (Å²) in [6.07, 6.45) is 2.76. The third-order valence-electron chi connectivity index (χ3n) is 4.73. The van der Waals surface area contributed by atoms with Crippen LogP contribution in [0.3, 0.4) is 0 Å². The monoisotopic (exact) mass is 152 g/mol. The average molecular weight is 152 g/mol. The predicted octanol–water partition coefficient (Wildman–Crippen LogP) is 1.66. The first-order valence-corrected chi connectivity index (χ1v) is 4.86. The number of aliphatic hydroxyl groups is 1. The summed E-state index contributed by atoms with van der Waals surface area (Å²) >= 11 is 0. The normalized spacial score (nSPS) is 64.4. The van der Waals surface area contributed by atoms with Crippen LogP contribution in [-0.2, 0) is 0 Å². The number of aliphatic hydroxyl groups excluding tert-OH is 1. The Labute approximate surface area is 67.8 Å². The van der Waals surface area contributed by atoms with Gasteiger partial charge >= 0.3 is 0 Å². The molecule has 0 amide bonds. The van der Waals surface area contributed by atoms with E-state index in [1.54, 1.807) is 0 Å². The molecule has 1 heteroatoms. The molecule has 4 fully saturated rings. The van der Waals surface area contributed by atoms with Gasteiger partial charge in [-0.25, -0.2) is 0 Å². The fraction of sp³-hybridized carbons (Fsp3) is 1.00. The van der Waals surface area contributed by atoms with E-state index in [0.29, 0.717) is 17.3 Å². The molecule has 0 radical (unpaired) electrons. The maximum Gasteiger partial charge on any atom is 0.0605 e. The van der Waals surface area contributed by atoms with Crippen molar-refractivity contribution < 1.29 is 5.11 Å². The van der Waals surface area contributed by atoms with Gasteiger partial charge in [-0.2, -0.15) is 0 Å². The van der Waals surface area contributed by atoms with Crippen molar-refractivity contribution in [2.45, 2.75) is 32.8 Å². The third kappa shape index (κ3) is 0.462. The molecule has 0 spiro atoms. The van der Waals surface area contributed by atoms with Crippen LogP contribution in [0.4, 0.5) is 0 Å². The molecule has 0 aromatic carbocycles. The minimum atomic E-state index is 0.0856. The van der Waals surface area contributed by atoms with Gasteiger partial charge in [0, 0.05) is 0 Å². The average Bonchev–Trinajstić information content (AvgIpc) is 2.32. The zero-order valence-corrected chi connectivity index (χ0v) is 7.25. The topological polar surface area (TPSA) is 20.2 Å². The molecule has 1 nitrogen and oxygen atoms in total. The van der Waals surface area contributed by atoms with E-state index in [1.165, 1.54) is 12.8 Å². The molecule has 4 saturated carbocycles. The van der Waals surface area contributed by atoms with Crippen molar-refractivity contribution >= 4 is 0 Å². The molecule has 11 heavy (non-hydrogen) atoms. The van der Waals surface area contributed by atoms with Gasteiger partial charge in [-0.1, -0.05) is 13.8 Å². The number of rotatable bonds is 1. The molecule has 4 aliphatic rings. The number of hydrogen-bond donors (Lipinski definition) is 1. The van der Waals surface area contributed by atoms with Gasteiger partial charge in [-0.3, -0.25) is 0 Å². The lowest BCUT2D eigenvalue weighted by molar-refractivity contribution is 0.132. The van der Waals surface area contributed by atoms with Gasteiger partial charge in [0.05, 0.1) is 6.10 Å². The molecule has 4 bridgehead atoms. The van der Waals surface area contributed by atoms with Crippen molar-refractivity contribution in [1.82, 2.24) is 0 Å². The lowest BCUT2D eigenvalue weighted by Gasteiger charge is -2.15. The van der Waals surface area contributed by atoms with Gasteiger partial charge in [-0.05, 0) is 41.9 Å². The van der Waals surface area contributed by atoms with Gasteiger partial charge in [0.2, 0.25) is 0 Å². The molecular formula is C10H16O. The molecular weight excluding hydrogens is 136 g/mol. The summed E-state index contributed by atoms with van der Waals surface area (Å²) in [6.45, 7) is 4.65. The molecule has 62 valence electrons. The van der Waals surface area contributed by atoms with Crippen molar-refractivity contribution in [3.63, 3.8) is 0 Å². The Morgan fingerprint density at radius 2 is 2.18 bits per heavy atom. The lowest BCUT2D eigenvalue weighted by atomic mass is 9.90. The number of hydrogen-bond acceptors (Lipinski definition) is 1. The van der Waals surface area contributed by atoms with E-state index in [9.17, 15) is 5.11 Å². The van der Waals surface area contributed by atoms with E-state index >= 15 is 0 Å². The summed E-state index contributed by atoms with van der Waals surface area (Å²) in [5, 5.41) is 9.76. The molecule has 0 saturated heterocycles. The van der Waals surface area contributed by atoms with Crippen molar-refractivity contribution in [3.05, 3.63) is 0 Å². The highest BCUT2D eigenvalue weighted by molar-refractivity contribution is 5.26. The van der Waals surface area contributed by atoms with Crippen LogP contribution in [0.2, 0.25) is 0 Å².